The Labute approximate surface area is 184 Å². The first-order chi connectivity index (χ1) is 15.1. The van der Waals surface area contributed by atoms with Crippen molar-refractivity contribution < 1.29 is 18.7 Å². The number of aromatic nitrogens is 1. The number of thiazole rings is 1. The highest BCUT2D eigenvalue weighted by Gasteiger charge is 2.25. The number of anilines is 2. The second kappa shape index (κ2) is 9.65. The van der Waals surface area contributed by atoms with Crippen molar-refractivity contribution in [3.63, 3.8) is 0 Å². The lowest BCUT2D eigenvalue weighted by atomic mass is 10.3. The van der Waals surface area contributed by atoms with Gasteiger partial charge in [0.2, 0.25) is 5.91 Å². The molecule has 0 aliphatic heterocycles. The van der Waals surface area contributed by atoms with Crippen molar-refractivity contribution in [1.29, 1.82) is 0 Å². The van der Waals surface area contributed by atoms with Crippen LogP contribution in [0.1, 0.15) is 35.5 Å². The van der Waals surface area contributed by atoms with Crippen LogP contribution in [-0.2, 0) is 11.3 Å². The van der Waals surface area contributed by atoms with Gasteiger partial charge in [0.05, 0.1) is 25.6 Å². The zero-order chi connectivity index (χ0) is 21.6. The van der Waals surface area contributed by atoms with E-state index in [-0.39, 0.29) is 31.3 Å². The summed E-state index contributed by atoms with van der Waals surface area (Å²) in [6, 6.07) is 11.4. The van der Waals surface area contributed by atoms with Crippen LogP contribution in [0.15, 0.2) is 52.5 Å². The number of para-hydroxylation sites is 2. The summed E-state index contributed by atoms with van der Waals surface area (Å²) in [6.07, 6.45) is 3.86. The molecule has 2 aromatic heterocycles. The molecule has 3 aromatic rings. The number of carbonyl (C=O) groups is 2. The van der Waals surface area contributed by atoms with Crippen LogP contribution in [0, 0.1) is 0 Å². The molecular weight excluding hydrogens is 416 g/mol. The minimum absolute atomic E-state index is 0.0449. The highest BCUT2D eigenvalue weighted by Crippen LogP contribution is 2.29. The van der Waals surface area contributed by atoms with Gasteiger partial charge in [0.15, 0.2) is 5.13 Å². The van der Waals surface area contributed by atoms with Gasteiger partial charge in [0, 0.05) is 24.4 Å². The maximum absolute atomic E-state index is 13.2. The number of benzene rings is 1. The first-order valence-corrected chi connectivity index (χ1v) is 11.0. The molecule has 0 bridgehead atoms. The van der Waals surface area contributed by atoms with E-state index in [1.54, 1.807) is 35.8 Å². The van der Waals surface area contributed by atoms with Crippen LogP contribution < -0.4 is 15.4 Å². The number of methoxy groups -OCH3 is 1. The zero-order valence-electron chi connectivity index (χ0n) is 17.2. The Kier molecular flexibility index (Phi) is 6.51. The van der Waals surface area contributed by atoms with Gasteiger partial charge in [-0.15, -0.1) is 11.3 Å². The van der Waals surface area contributed by atoms with Crippen molar-refractivity contribution in [3.05, 3.63) is 59.5 Å². The average Bonchev–Trinajstić information content (AvgIpc) is 3.24. The van der Waals surface area contributed by atoms with E-state index in [0.29, 0.717) is 28.4 Å². The number of nitrogens with one attached hydrogen (secondary N) is 2. The van der Waals surface area contributed by atoms with Crippen LogP contribution in [0.25, 0.3) is 0 Å². The van der Waals surface area contributed by atoms with Crippen LogP contribution in [-0.4, -0.2) is 41.4 Å². The lowest BCUT2D eigenvalue weighted by molar-refractivity contribution is -0.121. The molecule has 2 N–H and O–H groups in total. The van der Waals surface area contributed by atoms with Crippen LogP contribution >= 0.6 is 11.3 Å². The number of hydrogen-bond acceptors (Lipinski definition) is 7. The molecule has 1 saturated carbocycles. The third-order valence-electron chi connectivity index (χ3n) is 4.84. The molecule has 0 spiro atoms. The fraction of sp³-hybridized carbons (Fsp3) is 0.318. The van der Waals surface area contributed by atoms with E-state index in [4.69, 9.17) is 9.15 Å². The fourth-order valence-electron chi connectivity index (χ4n) is 3.06. The van der Waals surface area contributed by atoms with Crippen molar-refractivity contribution in [3.8, 4) is 5.75 Å². The van der Waals surface area contributed by atoms with E-state index in [1.807, 2.05) is 24.3 Å². The maximum Gasteiger partial charge on any atom is 0.273 e. The average molecular weight is 441 g/mol. The topological polar surface area (TPSA) is 96.7 Å². The number of amides is 2. The van der Waals surface area contributed by atoms with Crippen LogP contribution in [0.4, 0.5) is 10.8 Å². The van der Waals surface area contributed by atoms with E-state index in [0.717, 1.165) is 18.5 Å². The molecule has 162 valence electrons. The zero-order valence-corrected chi connectivity index (χ0v) is 18.0. The van der Waals surface area contributed by atoms with Crippen LogP contribution in [0.2, 0.25) is 0 Å². The van der Waals surface area contributed by atoms with Crippen molar-refractivity contribution >= 4 is 34.0 Å². The van der Waals surface area contributed by atoms with E-state index in [9.17, 15) is 9.59 Å². The van der Waals surface area contributed by atoms with Gasteiger partial charge in [0.1, 0.15) is 17.2 Å². The number of furan rings is 1. The summed E-state index contributed by atoms with van der Waals surface area (Å²) >= 11 is 1.33. The predicted octanol–water partition coefficient (Wildman–Crippen LogP) is 3.80. The number of rotatable bonds is 10. The molecule has 0 saturated heterocycles. The molecule has 8 nitrogen and oxygen atoms in total. The van der Waals surface area contributed by atoms with Crippen molar-refractivity contribution in [2.24, 2.45) is 0 Å². The van der Waals surface area contributed by atoms with Gasteiger partial charge in [-0.2, -0.15) is 0 Å². The standard InChI is InChI=1S/C22H24N4O4S/c1-29-19-7-3-2-6-17(19)24-22-25-18(14-31-22)21(28)26(13-16-5-4-12-30-16)11-10-20(27)23-15-8-9-15/h2-7,12,14-15H,8-11,13H2,1H3,(H,23,27)(H,24,25). The Morgan fingerprint density at radius 1 is 1.26 bits per heavy atom. The molecule has 2 amide bonds. The molecule has 4 rings (SSSR count). The Morgan fingerprint density at radius 3 is 2.84 bits per heavy atom. The van der Waals surface area contributed by atoms with Gasteiger partial charge < -0.3 is 24.7 Å². The van der Waals surface area contributed by atoms with Gasteiger partial charge >= 0.3 is 0 Å². The van der Waals surface area contributed by atoms with E-state index in [2.05, 4.69) is 15.6 Å². The molecule has 0 atom stereocenters. The molecule has 1 aromatic carbocycles. The minimum Gasteiger partial charge on any atom is -0.495 e. The van der Waals surface area contributed by atoms with Crippen molar-refractivity contribution in [2.45, 2.75) is 31.8 Å². The highest BCUT2D eigenvalue weighted by atomic mass is 32.1. The molecule has 0 unspecified atom stereocenters. The van der Waals surface area contributed by atoms with Gasteiger partial charge in [-0.05, 0) is 37.1 Å². The molecule has 2 heterocycles. The first kappa shape index (κ1) is 20.9. The predicted molar refractivity (Wildman–Crippen MR) is 118 cm³/mol. The summed E-state index contributed by atoms with van der Waals surface area (Å²) in [6.45, 7) is 0.556. The van der Waals surface area contributed by atoms with Crippen molar-refractivity contribution in [2.75, 3.05) is 19.0 Å². The molecular formula is C22H24N4O4S. The summed E-state index contributed by atoms with van der Waals surface area (Å²) < 4.78 is 10.7. The fourth-order valence-corrected chi connectivity index (χ4v) is 3.76. The quantitative estimate of drug-likeness (QED) is 0.498. The van der Waals surface area contributed by atoms with Gasteiger partial charge in [-0.1, -0.05) is 12.1 Å². The Morgan fingerprint density at radius 2 is 2.10 bits per heavy atom. The Bertz CT molecular complexity index is 1030. The number of carbonyl (C=O) groups excluding carboxylic acids is 2. The Balaban J connectivity index is 1.44. The normalized spacial score (nSPS) is 12.9. The second-order valence-corrected chi connectivity index (χ2v) is 8.12. The molecule has 1 aliphatic rings. The molecule has 1 aliphatic carbocycles. The summed E-state index contributed by atoms with van der Waals surface area (Å²) in [5.74, 6) is 1.04. The van der Waals surface area contributed by atoms with Gasteiger partial charge in [0.25, 0.3) is 5.91 Å². The third kappa shape index (κ3) is 5.64. The number of nitrogens with zero attached hydrogens (tertiary/aromatic N) is 2. The smallest absolute Gasteiger partial charge is 0.273 e. The summed E-state index contributed by atoms with van der Waals surface area (Å²) in [4.78, 5) is 31.3. The maximum atomic E-state index is 13.2. The summed E-state index contributed by atoms with van der Waals surface area (Å²) in [7, 11) is 1.60. The first-order valence-electron chi connectivity index (χ1n) is 10.1. The molecule has 9 heteroatoms. The Hall–Kier alpha value is -3.33. The SMILES string of the molecule is COc1ccccc1Nc1nc(C(=O)N(CCC(=O)NC2CC2)Cc2ccco2)cs1. The summed E-state index contributed by atoms with van der Waals surface area (Å²) in [5, 5.41) is 8.43. The van der Waals surface area contributed by atoms with E-state index >= 15 is 0 Å². The van der Waals surface area contributed by atoms with Crippen LogP contribution in [0.5, 0.6) is 5.75 Å². The molecule has 31 heavy (non-hydrogen) atoms. The summed E-state index contributed by atoms with van der Waals surface area (Å²) in [5.41, 5.74) is 1.08. The lowest BCUT2D eigenvalue weighted by Crippen LogP contribution is -2.35. The third-order valence-corrected chi connectivity index (χ3v) is 5.59. The van der Waals surface area contributed by atoms with Gasteiger partial charge in [-0.25, -0.2) is 4.98 Å². The van der Waals surface area contributed by atoms with Gasteiger partial charge in [-0.3, -0.25) is 9.59 Å². The largest absolute Gasteiger partial charge is 0.495 e. The van der Waals surface area contributed by atoms with E-state index < -0.39 is 0 Å². The second-order valence-electron chi connectivity index (χ2n) is 7.26. The monoisotopic (exact) mass is 440 g/mol. The molecule has 0 radical (unpaired) electrons. The number of ether oxygens (including phenoxy) is 1. The molecule has 1 fully saturated rings. The lowest BCUT2D eigenvalue weighted by Gasteiger charge is -2.20. The minimum atomic E-state index is -0.250. The van der Waals surface area contributed by atoms with E-state index in [1.165, 1.54) is 11.3 Å². The number of hydrogen-bond donors (Lipinski definition) is 2. The highest BCUT2D eigenvalue weighted by molar-refractivity contribution is 7.14. The van der Waals surface area contributed by atoms with Crippen molar-refractivity contribution in [1.82, 2.24) is 15.2 Å². The van der Waals surface area contributed by atoms with Crippen LogP contribution in [0.3, 0.4) is 0 Å².